The van der Waals surface area contributed by atoms with Crippen LogP contribution in [0.3, 0.4) is 0 Å². The summed E-state index contributed by atoms with van der Waals surface area (Å²) in [5, 5.41) is 15.5. The first-order valence-electron chi connectivity index (χ1n) is 13.7. The first-order chi connectivity index (χ1) is 18.2. The summed E-state index contributed by atoms with van der Waals surface area (Å²) in [4.78, 5) is 42.5. The van der Waals surface area contributed by atoms with Crippen molar-refractivity contribution in [1.29, 1.82) is 0 Å². The number of hydrogen-bond acceptors (Lipinski definition) is 5. The monoisotopic (exact) mass is 539 g/mol. The third-order valence-corrected chi connectivity index (χ3v) is 6.33. The molecule has 0 spiro atoms. The summed E-state index contributed by atoms with van der Waals surface area (Å²) in [6, 6.07) is 10.2. The van der Waals surface area contributed by atoms with Gasteiger partial charge in [0.1, 0.15) is 23.4 Å². The number of hydrogen-bond donors (Lipinski definition) is 3. The number of nitrogens with zero attached hydrogens (tertiary/aromatic N) is 1. The standard InChI is InChI=1S/C31H45N3O5/c1-9-10-18-34(27(28(36)32-20(2)3)25-13-11-12-21(4)22(25)5)29(37)26(33-30(38)39-31(6,7)8)19-23-14-16-24(35)17-15-23/h11-17,20,26-27,35H,9-10,18-19H2,1-8H3,(H,32,36)(H,33,38). The molecule has 8 nitrogen and oxygen atoms in total. The summed E-state index contributed by atoms with van der Waals surface area (Å²) >= 11 is 0. The van der Waals surface area contributed by atoms with Gasteiger partial charge in [-0.3, -0.25) is 9.59 Å². The van der Waals surface area contributed by atoms with Crippen LogP contribution in [0.4, 0.5) is 4.79 Å². The molecular formula is C31H45N3O5. The van der Waals surface area contributed by atoms with E-state index < -0.39 is 23.8 Å². The fraction of sp³-hybridized carbons (Fsp3) is 0.516. The predicted molar refractivity (Wildman–Crippen MR) is 154 cm³/mol. The summed E-state index contributed by atoms with van der Waals surface area (Å²) in [7, 11) is 0. The third-order valence-electron chi connectivity index (χ3n) is 6.33. The molecule has 39 heavy (non-hydrogen) atoms. The van der Waals surface area contributed by atoms with Gasteiger partial charge in [-0.05, 0) is 89.3 Å². The molecule has 8 heteroatoms. The molecule has 3 amide bonds. The number of carbonyl (C=O) groups is 3. The molecule has 0 heterocycles. The molecule has 0 aliphatic carbocycles. The molecule has 0 fully saturated rings. The smallest absolute Gasteiger partial charge is 0.408 e. The number of rotatable bonds is 11. The van der Waals surface area contributed by atoms with Gasteiger partial charge in [0.25, 0.3) is 0 Å². The Hall–Kier alpha value is -3.55. The molecule has 2 unspecified atom stereocenters. The van der Waals surface area contributed by atoms with Crippen molar-refractivity contribution in [2.45, 2.75) is 98.4 Å². The fourth-order valence-electron chi connectivity index (χ4n) is 4.30. The van der Waals surface area contributed by atoms with Gasteiger partial charge < -0.3 is 25.4 Å². The minimum atomic E-state index is -0.999. The summed E-state index contributed by atoms with van der Waals surface area (Å²) in [6.45, 7) is 15.3. The van der Waals surface area contributed by atoms with E-state index in [1.54, 1.807) is 37.8 Å². The van der Waals surface area contributed by atoms with Crippen molar-refractivity contribution in [2.24, 2.45) is 0 Å². The molecule has 3 N–H and O–H groups in total. The fourth-order valence-corrected chi connectivity index (χ4v) is 4.30. The van der Waals surface area contributed by atoms with Crippen LogP contribution in [0.15, 0.2) is 42.5 Å². The Morgan fingerprint density at radius 3 is 2.21 bits per heavy atom. The van der Waals surface area contributed by atoms with E-state index in [0.29, 0.717) is 13.0 Å². The van der Waals surface area contributed by atoms with E-state index in [0.717, 1.165) is 28.7 Å². The highest BCUT2D eigenvalue weighted by Gasteiger charge is 2.37. The van der Waals surface area contributed by atoms with E-state index >= 15 is 0 Å². The average Bonchev–Trinajstić information content (AvgIpc) is 2.82. The molecule has 214 valence electrons. The van der Waals surface area contributed by atoms with Crippen molar-refractivity contribution < 1.29 is 24.2 Å². The van der Waals surface area contributed by atoms with Crippen molar-refractivity contribution in [1.82, 2.24) is 15.5 Å². The van der Waals surface area contributed by atoms with Crippen molar-refractivity contribution in [3.63, 3.8) is 0 Å². The number of phenolic OH excluding ortho intramolecular Hbond substituents is 1. The van der Waals surface area contributed by atoms with Crippen LogP contribution in [0.25, 0.3) is 0 Å². The topological polar surface area (TPSA) is 108 Å². The summed E-state index contributed by atoms with van der Waals surface area (Å²) in [6.07, 6.45) is 0.939. The zero-order valence-electron chi connectivity index (χ0n) is 24.6. The minimum Gasteiger partial charge on any atom is -0.508 e. The number of aromatic hydroxyl groups is 1. The normalized spacial score (nSPS) is 12.9. The molecule has 2 atom stereocenters. The molecule has 2 aromatic rings. The van der Waals surface area contributed by atoms with E-state index in [1.165, 1.54) is 12.1 Å². The molecule has 0 radical (unpaired) electrons. The van der Waals surface area contributed by atoms with Crippen LogP contribution in [0.5, 0.6) is 5.75 Å². The maximum Gasteiger partial charge on any atom is 0.408 e. The van der Waals surface area contributed by atoms with Gasteiger partial charge in [0.15, 0.2) is 0 Å². The Balaban J connectivity index is 2.60. The highest BCUT2D eigenvalue weighted by atomic mass is 16.6. The molecule has 2 aromatic carbocycles. The number of nitrogens with one attached hydrogen (secondary N) is 2. The number of unbranched alkanes of at least 4 members (excludes halogenated alkanes) is 1. The van der Waals surface area contributed by atoms with Crippen molar-refractivity contribution >= 4 is 17.9 Å². The van der Waals surface area contributed by atoms with Gasteiger partial charge in [0.05, 0.1) is 0 Å². The second kappa shape index (κ2) is 14.0. The van der Waals surface area contributed by atoms with Gasteiger partial charge >= 0.3 is 6.09 Å². The van der Waals surface area contributed by atoms with E-state index in [-0.39, 0.29) is 30.0 Å². The van der Waals surface area contributed by atoms with E-state index in [1.807, 2.05) is 52.8 Å². The van der Waals surface area contributed by atoms with Gasteiger partial charge in [-0.2, -0.15) is 0 Å². The van der Waals surface area contributed by atoms with Crippen molar-refractivity contribution in [3.05, 3.63) is 64.7 Å². The Kier molecular flexibility index (Phi) is 11.4. The number of aryl methyl sites for hydroxylation is 1. The zero-order chi connectivity index (χ0) is 29.3. The van der Waals surface area contributed by atoms with Crippen LogP contribution < -0.4 is 10.6 Å². The highest BCUT2D eigenvalue weighted by Crippen LogP contribution is 2.28. The molecule has 0 aromatic heterocycles. The number of alkyl carbamates (subject to hydrolysis) is 1. The number of ether oxygens (including phenoxy) is 1. The maximum absolute atomic E-state index is 14.3. The first-order valence-corrected chi connectivity index (χ1v) is 13.7. The third kappa shape index (κ3) is 9.61. The van der Waals surface area contributed by atoms with Crippen molar-refractivity contribution in [3.8, 4) is 5.75 Å². The van der Waals surface area contributed by atoms with E-state index in [9.17, 15) is 19.5 Å². The van der Waals surface area contributed by atoms with E-state index in [4.69, 9.17) is 4.74 Å². The molecular weight excluding hydrogens is 494 g/mol. The van der Waals surface area contributed by atoms with Crippen LogP contribution >= 0.6 is 0 Å². The highest BCUT2D eigenvalue weighted by molar-refractivity contribution is 5.92. The quantitative estimate of drug-likeness (QED) is 0.357. The van der Waals surface area contributed by atoms with Gasteiger partial charge in [0, 0.05) is 19.0 Å². The second-order valence-electron chi connectivity index (χ2n) is 11.3. The Bertz CT molecular complexity index is 1120. The zero-order valence-corrected chi connectivity index (χ0v) is 24.6. The van der Waals surface area contributed by atoms with Gasteiger partial charge in [-0.15, -0.1) is 0 Å². The average molecular weight is 540 g/mol. The van der Waals surface area contributed by atoms with Crippen LogP contribution in [0.1, 0.15) is 82.7 Å². The molecule has 0 saturated heterocycles. The lowest BCUT2D eigenvalue weighted by Crippen LogP contribution is -2.54. The Morgan fingerprint density at radius 2 is 1.64 bits per heavy atom. The van der Waals surface area contributed by atoms with Crippen LogP contribution in [0.2, 0.25) is 0 Å². The minimum absolute atomic E-state index is 0.103. The lowest BCUT2D eigenvalue weighted by molar-refractivity contribution is -0.142. The van der Waals surface area contributed by atoms with E-state index in [2.05, 4.69) is 10.6 Å². The summed E-state index contributed by atoms with van der Waals surface area (Å²) in [5.41, 5.74) is 2.69. The second-order valence-corrected chi connectivity index (χ2v) is 11.3. The number of benzene rings is 2. The SMILES string of the molecule is CCCCN(C(=O)C(Cc1ccc(O)cc1)NC(=O)OC(C)(C)C)C(C(=O)NC(C)C)c1cccc(C)c1C. The van der Waals surface area contributed by atoms with Gasteiger partial charge in [0.2, 0.25) is 11.8 Å². The van der Waals surface area contributed by atoms with Crippen LogP contribution in [-0.2, 0) is 20.7 Å². The van der Waals surface area contributed by atoms with Gasteiger partial charge in [-0.25, -0.2) is 4.79 Å². The van der Waals surface area contributed by atoms with Crippen LogP contribution in [-0.4, -0.2) is 52.1 Å². The first kappa shape index (κ1) is 31.7. The molecule has 2 rings (SSSR count). The number of amides is 3. The molecule has 0 bridgehead atoms. The van der Waals surface area contributed by atoms with Gasteiger partial charge in [-0.1, -0.05) is 43.7 Å². The lowest BCUT2D eigenvalue weighted by Gasteiger charge is -2.35. The number of carbonyl (C=O) groups excluding carboxylic acids is 3. The molecule has 0 aliphatic heterocycles. The molecule has 0 aliphatic rings. The summed E-state index contributed by atoms with van der Waals surface area (Å²) < 4.78 is 5.48. The lowest BCUT2D eigenvalue weighted by atomic mass is 9.94. The number of phenols is 1. The Labute approximate surface area is 233 Å². The predicted octanol–water partition coefficient (Wildman–Crippen LogP) is 5.34. The largest absolute Gasteiger partial charge is 0.508 e. The molecule has 0 saturated carbocycles. The Morgan fingerprint density at radius 1 is 1.00 bits per heavy atom. The van der Waals surface area contributed by atoms with Crippen molar-refractivity contribution in [2.75, 3.05) is 6.54 Å². The summed E-state index contributed by atoms with van der Waals surface area (Å²) in [5.74, 6) is -0.553. The van der Waals surface area contributed by atoms with Crippen LogP contribution in [0, 0.1) is 13.8 Å². The maximum atomic E-state index is 14.3.